The van der Waals surface area contributed by atoms with Gasteiger partial charge in [-0.05, 0) is 53.0 Å². The molecule has 0 amide bonds. The third-order valence-electron chi connectivity index (χ3n) is 4.67. The summed E-state index contributed by atoms with van der Waals surface area (Å²) in [7, 11) is -0.157. The molecule has 2 rings (SSSR count). The summed E-state index contributed by atoms with van der Waals surface area (Å²) in [6, 6.07) is 10.6. The molecule has 0 aromatic heterocycles. The zero-order valence-electron chi connectivity index (χ0n) is 13.9. The molecule has 0 bridgehead atoms. The van der Waals surface area contributed by atoms with Crippen molar-refractivity contribution >= 4 is 7.12 Å². The fourth-order valence-corrected chi connectivity index (χ4v) is 2.61. The highest BCUT2D eigenvalue weighted by Gasteiger charge is 2.52. The van der Waals surface area contributed by atoms with E-state index in [2.05, 4.69) is 77.1 Å². The molecule has 0 spiro atoms. The number of hydrogen-bond donors (Lipinski definition) is 0. The van der Waals surface area contributed by atoms with Crippen LogP contribution in [0.5, 0.6) is 0 Å². The number of benzene rings is 1. The first kappa shape index (κ1) is 16.3. The van der Waals surface area contributed by atoms with E-state index in [1.165, 1.54) is 5.56 Å². The quantitative estimate of drug-likeness (QED) is 0.579. The molecule has 1 aromatic rings. The van der Waals surface area contributed by atoms with Crippen molar-refractivity contribution in [3.05, 3.63) is 48.0 Å². The molecule has 1 atom stereocenters. The average Bonchev–Trinajstić information content (AvgIpc) is 2.64. The Bertz CT molecular complexity index is 463. The van der Waals surface area contributed by atoms with Gasteiger partial charge in [0, 0.05) is 5.82 Å². The van der Waals surface area contributed by atoms with Crippen LogP contribution in [0.15, 0.2) is 42.5 Å². The summed E-state index contributed by atoms with van der Waals surface area (Å²) < 4.78 is 12.4. The molecular formula is C18H27BO2. The average molecular weight is 286 g/mol. The third-order valence-corrected chi connectivity index (χ3v) is 4.67. The van der Waals surface area contributed by atoms with E-state index in [1.807, 2.05) is 0 Å². The van der Waals surface area contributed by atoms with E-state index in [1.54, 1.807) is 0 Å². The SMILES string of the molecule is C/C=C/C(CCc1ccccc1)B1OC(C)(C)C(C)(C)O1. The number of aryl methyl sites for hydroxylation is 1. The Morgan fingerprint density at radius 3 is 2.14 bits per heavy atom. The fourth-order valence-electron chi connectivity index (χ4n) is 2.61. The van der Waals surface area contributed by atoms with E-state index >= 15 is 0 Å². The minimum Gasteiger partial charge on any atom is -0.403 e. The molecule has 0 radical (unpaired) electrons. The molecule has 0 saturated carbocycles. The summed E-state index contributed by atoms with van der Waals surface area (Å²) in [5.41, 5.74) is 0.845. The van der Waals surface area contributed by atoms with Crippen molar-refractivity contribution in [2.24, 2.45) is 0 Å². The number of allylic oxidation sites excluding steroid dienone is 2. The molecular weight excluding hydrogens is 259 g/mol. The van der Waals surface area contributed by atoms with Gasteiger partial charge >= 0.3 is 7.12 Å². The second-order valence-corrected chi connectivity index (χ2v) is 6.84. The maximum atomic E-state index is 6.19. The zero-order chi connectivity index (χ0) is 15.5. The molecule has 0 aliphatic carbocycles. The molecule has 1 aliphatic rings. The Morgan fingerprint density at radius 2 is 1.62 bits per heavy atom. The Hall–Kier alpha value is -1.06. The van der Waals surface area contributed by atoms with Gasteiger partial charge in [0.25, 0.3) is 0 Å². The van der Waals surface area contributed by atoms with Crippen LogP contribution >= 0.6 is 0 Å². The van der Waals surface area contributed by atoms with Crippen molar-refractivity contribution in [1.82, 2.24) is 0 Å². The van der Waals surface area contributed by atoms with E-state index in [4.69, 9.17) is 9.31 Å². The van der Waals surface area contributed by atoms with Gasteiger partial charge in [0.05, 0.1) is 11.2 Å². The standard InChI is InChI=1S/C18H27BO2/c1-6-10-16(14-13-15-11-8-7-9-12-15)19-20-17(2,3)18(4,5)21-19/h6-12,16H,13-14H2,1-5H3/b10-6+. The normalized spacial score (nSPS) is 21.9. The van der Waals surface area contributed by atoms with Crippen LogP contribution < -0.4 is 0 Å². The Kier molecular flexibility index (Phi) is 4.95. The van der Waals surface area contributed by atoms with E-state index < -0.39 is 0 Å². The lowest BCUT2D eigenvalue weighted by molar-refractivity contribution is 0.00578. The van der Waals surface area contributed by atoms with Gasteiger partial charge in [-0.15, -0.1) is 0 Å². The van der Waals surface area contributed by atoms with Crippen LogP contribution in [-0.4, -0.2) is 18.3 Å². The molecule has 3 heteroatoms. The Balaban J connectivity index is 2.03. The fraction of sp³-hybridized carbons (Fsp3) is 0.556. The molecule has 1 saturated heterocycles. The van der Waals surface area contributed by atoms with E-state index in [-0.39, 0.29) is 24.1 Å². The van der Waals surface area contributed by atoms with Crippen LogP contribution in [0, 0.1) is 0 Å². The van der Waals surface area contributed by atoms with Crippen LogP contribution in [0.2, 0.25) is 5.82 Å². The van der Waals surface area contributed by atoms with Crippen LogP contribution in [-0.2, 0) is 15.7 Å². The molecule has 0 N–H and O–H groups in total. The first-order valence-corrected chi connectivity index (χ1v) is 7.88. The zero-order valence-corrected chi connectivity index (χ0v) is 13.9. The third kappa shape index (κ3) is 3.78. The van der Waals surface area contributed by atoms with Crippen LogP contribution in [0.4, 0.5) is 0 Å². The van der Waals surface area contributed by atoms with E-state index in [0.717, 1.165) is 12.8 Å². The summed E-state index contributed by atoms with van der Waals surface area (Å²) >= 11 is 0. The first-order chi connectivity index (χ1) is 9.86. The molecule has 1 unspecified atom stereocenters. The van der Waals surface area contributed by atoms with Crippen molar-refractivity contribution in [2.45, 2.75) is 64.5 Å². The van der Waals surface area contributed by atoms with Crippen LogP contribution in [0.3, 0.4) is 0 Å². The summed E-state index contributed by atoms with van der Waals surface area (Å²) in [5, 5.41) is 0. The minimum atomic E-state index is -0.260. The predicted molar refractivity (Wildman–Crippen MR) is 89.4 cm³/mol. The van der Waals surface area contributed by atoms with Crippen LogP contribution in [0.25, 0.3) is 0 Å². The van der Waals surface area contributed by atoms with E-state index in [9.17, 15) is 0 Å². The van der Waals surface area contributed by atoms with Crippen molar-refractivity contribution in [3.8, 4) is 0 Å². The summed E-state index contributed by atoms with van der Waals surface area (Å²) in [6.07, 6.45) is 6.39. The van der Waals surface area contributed by atoms with Gasteiger partial charge in [-0.3, -0.25) is 0 Å². The highest BCUT2D eigenvalue weighted by Crippen LogP contribution is 2.41. The lowest BCUT2D eigenvalue weighted by Gasteiger charge is -2.32. The lowest BCUT2D eigenvalue weighted by Crippen LogP contribution is -2.41. The molecule has 1 heterocycles. The summed E-state index contributed by atoms with van der Waals surface area (Å²) in [5.74, 6) is 0.288. The molecule has 1 aliphatic heterocycles. The minimum absolute atomic E-state index is 0.157. The Morgan fingerprint density at radius 1 is 1.05 bits per heavy atom. The predicted octanol–water partition coefficient (Wildman–Crippen LogP) is 4.66. The van der Waals surface area contributed by atoms with Gasteiger partial charge in [-0.1, -0.05) is 42.5 Å². The van der Waals surface area contributed by atoms with Gasteiger partial charge < -0.3 is 9.31 Å². The monoisotopic (exact) mass is 286 g/mol. The molecule has 2 nitrogen and oxygen atoms in total. The van der Waals surface area contributed by atoms with Gasteiger partial charge in [0.15, 0.2) is 0 Å². The largest absolute Gasteiger partial charge is 0.465 e. The molecule has 1 fully saturated rings. The van der Waals surface area contributed by atoms with Crippen LogP contribution in [0.1, 0.15) is 46.6 Å². The lowest BCUT2D eigenvalue weighted by atomic mass is 9.69. The highest BCUT2D eigenvalue weighted by molar-refractivity contribution is 6.48. The van der Waals surface area contributed by atoms with Crippen molar-refractivity contribution < 1.29 is 9.31 Å². The van der Waals surface area contributed by atoms with Crippen molar-refractivity contribution in [1.29, 1.82) is 0 Å². The van der Waals surface area contributed by atoms with Crippen molar-refractivity contribution in [2.75, 3.05) is 0 Å². The van der Waals surface area contributed by atoms with Gasteiger partial charge in [-0.2, -0.15) is 0 Å². The maximum Gasteiger partial charge on any atom is 0.465 e. The summed E-state index contributed by atoms with van der Waals surface area (Å²) in [6.45, 7) is 10.5. The Labute approximate surface area is 129 Å². The van der Waals surface area contributed by atoms with Gasteiger partial charge in [0.1, 0.15) is 0 Å². The molecule has 114 valence electrons. The molecule has 1 aromatic carbocycles. The maximum absolute atomic E-state index is 6.19. The summed E-state index contributed by atoms with van der Waals surface area (Å²) in [4.78, 5) is 0. The second-order valence-electron chi connectivity index (χ2n) is 6.84. The van der Waals surface area contributed by atoms with E-state index in [0.29, 0.717) is 0 Å². The topological polar surface area (TPSA) is 18.5 Å². The number of hydrogen-bond acceptors (Lipinski definition) is 2. The van der Waals surface area contributed by atoms with Gasteiger partial charge in [0.2, 0.25) is 0 Å². The first-order valence-electron chi connectivity index (χ1n) is 7.88. The second kappa shape index (κ2) is 6.37. The highest BCUT2D eigenvalue weighted by atomic mass is 16.7. The van der Waals surface area contributed by atoms with Gasteiger partial charge in [-0.25, -0.2) is 0 Å². The smallest absolute Gasteiger partial charge is 0.403 e. The van der Waals surface area contributed by atoms with Crippen molar-refractivity contribution in [3.63, 3.8) is 0 Å². The molecule has 21 heavy (non-hydrogen) atoms. The number of rotatable bonds is 5.